The number of ether oxygens (including phenoxy) is 1. The lowest BCUT2D eigenvalue weighted by molar-refractivity contribution is 0.304. The quantitative estimate of drug-likeness (QED) is 0.467. The molecule has 0 amide bonds. The van der Waals surface area contributed by atoms with Gasteiger partial charge in [-0.05, 0) is 49.4 Å². The van der Waals surface area contributed by atoms with Crippen LogP contribution in [0.2, 0.25) is 0 Å². The fraction of sp³-hybridized carbons (Fsp3) is 0.150. The lowest BCUT2D eigenvalue weighted by Gasteiger charge is -2.05. The first-order valence-corrected chi connectivity index (χ1v) is 10.2. The number of thiazole rings is 1. The first-order valence-electron chi connectivity index (χ1n) is 8.53. The first kappa shape index (κ1) is 18.5. The van der Waals surface area contributed by atoms with Crippen LogP contribution < -0.4 is 10.3 Å². The average Bonchev–Trinajstić information content (AvgIpc) is 3.32. The maximum absolute atomic E-state index is 12.9. The molecule has 142 valence electrons. The molecule has 28 heavy (non-hydrogen) atoms. The van der Waals surface area contributed by atoms with Crippen molar-refractivity contribution < 1.29 is 9.13 Å². The van der Waals surface area contributed by atoms with Gasteiger partial charge >= 0.3 is 0 Å². The highest BCUT2D eigenvalue weighted by Crippen LogP contribution is 2.25. The molecule has 0 aliphatic heterocycles. The number of rotatable bonds is 6. The van der Waals surface area contributed by atoms with Crippen LogP contribution in [-0.4, -0.2) is 14.8 Å². The Balaban J connectivity index is 1.46. The zero-order valence-corrected chi connectivity index (χ0v) is 16.6. The largest absolute Gasteiger partial charge is 0.486 e. The lowest BCUT2D eigenvalue weighted by Crippen LogP contribution is -2.22. The number of hydrogen-bond acceptors (Lipinski definition) is 6. The molecule has 0 atom stereocenters. The number of thiophene rings is 1. The fourth-order valence-corrected chi connectivity index (χ4v) is 4.11. The van der Waals surface area contributed by atoms with Gasteiger partial charge in [-0.2, -0.15) is 5.10 Å². The third kappa shape index (κ3) is 4.35. The summed E-state index contributed by atoms with van der Waals surface area (Å²) < 4.78 is 20.0. The van der Waals surface area contributed by atoms with Gasteiger partial charge in [0.15, 0.2) is 0 Å². The van der Waals surface area contributed by atoms with E-state index in [1.165, 1.54) is 39.1 Å². The number of aryl methyl sites for hydroxylation is 1. The van der Waals surface area contributed by atoms with Gasteiger partial charge in [0.2, 0.25) is 0 Å². The van der Waals surface area contributed by atoms with Gasteiger partial charge in [0.05, 0.1) is 17.1 Å². The Bertz CT molecular complexity index is 1150. The summed E-state index contributed by atoms with van der Waals surface area (Å²) in [5.41, 5.74) is 1.35. The van der Waals surface area contributed by atoms with Crippen LogP contribution in [0.1, 0.15) is 15.6 Å². The molecule has 0 bridgehead atoms. The molecule has 8 heteroatoms. The molecular formula is C20H16FN3O2S2. The second-order valence-corrected chi connectivity index (χ2v) is 8.33. The molecule has 1 aromatic carbocycles. The monoisotopic (exact) mass is 413 g/mol. The second kappa shape index (κ2) is 8.04. The number of nitrogens with zero attached hydrogens (tertiary/aromatic N) is 3. The van der Waals surface area contributed by atoms with Crippen molar-refractivity contribution in [3.8, 4) is 16.3 Å². The molecule has 0 saturated carbocycles. The zero-order chi connectivity index (χ0) is 19.5. The van der Waals surface area contributed by atoms with E-state index in [2.05, 4.69) is 10.1 Å². The Kier molecular flexibility index (Phi) is 5.31. The minimum Gasteiger partial charge on any atom is -0.486 e. The molecule has 0 spiro atoms. The summed E-state index contributed by atoms with van der Waals surface area (Å²) in [4.78, 5) is 18.9. The van der Waals surface area contributed by atoms with Crippen LogP contribution in [0.4, 0.5) is 4.39 Å². The molecule has 5 nitrogen and oxygen atoms in total. The molecule has 0 fully saturated rings. The number of aromatic nitrogens is 3. The maximum Gasteiger partial charge on any atom is 0.267 e. The van der Waals surface area contributed by atoms with Crippen LogP contribution in [0.15, 0.2) is 58.7 Å². The van der Waals surface area contributed by atoms with Gasteiger partial charge in [0.1, 0.15) is 28.9 Å². The van der Waals surface area contributed by atoms with Crippen molar-refractivity contribution in [3.63, 3.8) is 0 Å². The van der Waals surface area contributed by atoms with Crippen LogP contribution in [-0.2, 0) is 13.2 Å². The first-order chi connectivity index (χ1) is 13.6. The minimum absolute atomic E-state index is 0.172. The van der Waals surface area contributed by atoms with E-state index in [0.29, 0.717) is 12.3 Å². The Morgan fingerprint density at radius 3 is 2.68 bits per heavy atom. The highest BCUT2D eigenvalue weighted by molar-refractivity contribution is 7.15. The summed E-state index contributed by atoms with van der Waals surface area (Å²) in [5.74, 6) is 0.275. The average molecular weight is 413 g/mol. The van der Waals surface area contributed by atoms with E-state index < -0.39 is 0 Å². The van der Waals surface area contributed by atoms with Gasteiger partial charge in [0, 0.05) is 16.3 Å². The van der Waals surface area contributed by atoms with Gasteiger partial charge in [-0.3, -0.25) is 4.79 Å². The number of benzene rings is 1. The van der Waals surface area contributed by atoms with Crippen LogP contribution >= 0.6 is 22.7 Å². The highest BCUT2D eigenvalue weighted by Gasteiger charge is 2.09. The van der Waals surface area contributed by atoms with E-state index in [1.54, 1.807) is 29.5 Å². The van der Waals surface area contributed by atoms with Crippen LogP contribution in [0.3, 0.4) is 0 Å². The normalized spacial score (nSPS) is 10.9. The summed E-state index contributed by atoms with van der Waals surface area (Å²) >= 11 is 3.09. The van der Waals surface area contributed by atoms with E-state index in [4.69, 9.17) is 4.74 Å². The van der Waals surface area contributed by atoms with Crippen molar-refractivity contribution in [2.45, 2.75) is 20.1 Å². The van der Waals surface area contributed by atoms with E-state index >= 15 is 0 Å². The molecule has 3 heterocycles. The summed E-state index contributed by atoms with van der Waals surface area (Å²) in [5, 5.41) is 7.14. The summed E-state index contributed by atoms with van der Waals surface area (Å²) in [6.07, 6.45) is 0. The molecule has 0 saturated heterocycles. The summed E-state index contributed by atoms with van der Waals surface area (Å²) in [6.45, 7) is 2.62. The Labute approximate surface area is 168 Å². The Morgan fingerprint density at radius 1 is 1.11 bits per heavy atom. The number of halogens is 1. The van der Waals surface area contributed by atoms with Crippen molar-refractivity contribution in [2.75, 3.05) is 0 Å². The molecule has 0 aliphatic carbocycles. The summed E-state index contributed by atoms with van der Waals surface area (Å²) in [6, 6.07) is 13.2. The van der Waals surface area contributed by atoms with Crippen molar-refractivity contribution in [1.29, 1.82) is 0 Å². The molecule has 0 N–H and O–H groups in total. The van der Waals surface area contributed by atoms with Crippen molar-refractivity contribution in [1.82, 2.24) is 14.8 Å². The van der Waals surface area contributed by atoms with Crippen molar-refractivity contribution in [3.05, 3.63) is 85.7 Å². The van der Waals surface area contributed by atoms with Crippen LogP contribution in [0, 0.1) is 12.7 Å². The van der Waals surface area contributed by atoms with E-state index in [-0.39, 0.29) is 18.0 Å². The lowest BCUT2D eigenvalue weighted by atomic mass is 10.3. The van der Waals surface area contributed by atoms with Crippen molar-refractivity contribution >= 4 is 22.7 Å². The fourth-order valence-electron chi connectivity index (χ4n) is 2.58. The minimum atomic E-state index is -0.304. The maximum atomic E-state index is 12.9. The van der Waals surface area contributed by atoms with E-state index in [1.807, 2.05) is 24.4 Å². The van der Waals surface area contributed by atoms with Crippen molar-refractivity contribution in [2.24, 2.45) is 0 Å². The molecule has 0 aliphatic rings. The number of hydrogen-bond donors (Lipinski definition) is 0. The third-order valence-electron chi connectivity index (χ3n) is 3.95. The van der Waals surface area contributed by atoms with Crippen LogP contribution in [0.5, 0.6) is 5.75 Å². The molecule has 4 aromatic rings. The predicted octanol–water partition coefficient (Wildman–Crippen LogP) is 4.50. The van der Waals surface area contributed by atoms with Gasteiger partial charge < -0.3 is 4.74 Å². The molecule has 3 aromatic heterocycles. The van der Waals surface area contributed by atoms with E-state index in [9.17, 15) is 9.18 Å². The zero-order valence-electron chi connectivity index (χ0n) is 15.0. The summed E-state index contributed by atoms with van der Waals surface area (Å²) in [7, 11) is 0. The predicted molar refractivity (Wildman–Crippen MR) is 108 cm³/mol. The molecule has 0 unspecified atom stereocenters. The topological polar surface area (TPSA) is 57.0 Å². The van der Waals surface area contributed by atoms with Gasteiger partial charge in [-0.15, -0.1) is 22.7 Å². The van der Waals surface area contributed by atoms with E-state index in [0.717, 1.165) is 21.3 Å². The van der Waals surface area contributed by atoms with Gasteiger partial charge in [-0.25, -0.2) is 14.1 Å². The third-order valence-corrected chi connectivity index (χ3v) is 5.84. The Morgan fingerprint density at radius 2 is 1.93 bits per heavy atom. The molecule has 4 rings (SSSR count). The molecular weight excluding hydrogens is 397 g/mol. The molecule has 0 radical (unpaired) electrons. The SMILES string of the molecule is Cc1ccc(-c2ccc(=O)n(Cc3csc(COc4ccc(F)cc4)n3)n2)s1. The highest BCUT2D eigenvalue weighted by atomic mass is 32.1. The van der Waals surface area contributed by atoms with Crippen LogP contribution in [0.25, 0.3) is 10.6 Å². The smallest absolute Gasteiger partial charge is 0.267 e. The van der Waals surface area contributed by atoms with Gasteiger partial charge in [-0.1, -0.05) is 0 Å². The van der Waals surface area contributed by atoms with Gasteiger partial charge in [0.25, 0.3) is 5.56 Å². The Hall–Kier alpha value is -2.84. The standard InChI is InChI=1S/C20H16FN3O2S2/c1-13-2-8-18(28-13)17-7-9-20(25)24(23-17)10-15-12-27-19(22-15)11-26-16-5-3-14(21)4-6-16/h2-9,12H,10-11H2,1H3. The second-order valence-electron chi connectivity index (χ2n) is 6.10.